The predicted octanol–water partition coefficient (Wildman–Crippen LogP) is 0.166. The number of aromatic carboxylic acids is 1. The molecule has 2 N–H and O–H groups in total. The summed E-state index contributed by atoms with van der Waals surface area (Å²) in [7, 11) is 0. The van der Waals surface area contributed by atoms with E-state index < -0.39 is 5.97 Å². The van der Waals surface area contributed by atoms with E-state index in [2.05, 4.69) is 10.2 Å². The molecule has 1 aromatic rings. The highest BCUT2D eigenvalue weighted by molar-refractivity contribution is 5.91. The van der Waals surface area contributed by atoms with Crippen molar-refractivity contribution in [2.24, 2.45) is 0 Å². The van der Waals surface area contributed by atoms with Crippen molar-refractivity contribution in [3.05, 3.63) is 17.0 Å². The molecule has 0 bridgehead atoms. The van der Waals surface area contributed by atoms with Crippen LogP contribution in [0.4, 0.5) is 0 Å². The number of aromatic nitrogens is 2. The van der Waals surface area contributed by atoms with E-state index in [4.69, 9.17) is 5.11 Å². The number of aryl methyl sites for hydroxylation is 1. The van der Waals surface area contributed by atoms with Crippen LogP contribution in [0.3, 0.4) is 0 Å². The number of hydrogen-bond donors (Lipinski definition) is 2. The summed E-state index contributed by atoms with van der Waals surface area (Å²) < 4.78 is 0. The van der Waals surface area contributed by atoms with Crippen LogP contribution in [0.5, 0.6) is 0 Å². The van der Waals surface area contributed by atoms with E-state index in [1.54, 1.807) is 0 Å². The third-order valence-electron chi connectivity index (χ3n) is 2.18. The lowest BCUT2D eigenvalue weighted by Gasteiger charge is -2.08. The van der Waals surface area contributed by atoms with Crippen molar-refractivity contribution >= 4 is 11.8 Å². The first-order valence-electron chi connectivity index (χ1n) is 3.99. The minimum Gasteiger partial charge on any atom is -0.476 e. The Morgan fingerprint density at radius 1 is 1.46 bits per heavy atom. The van der Waals surface area contributed by atoms with E-state index in [1.165, 1.54) is 0 Å². The van der Waals surface area contributed by atoms with Gasteiger partial charge in [0.1, 0.15) is 5.78 Å². The maximum Gasteiger partial charge on any atom is 0.356 e. The average molecular weight is 180 g/mol. The number of Topliss-reactive ketones (excluding diaryl/α,β-unsaturated/α-hetero) is 1. The van der Waals surface area contributed by atoms with Crippen molar-refractivity contribution in [1.82, 2.24) is 10.2 Å². The summed E-state index contributed by atoms with van der Waals surface area (Å²) in [5.74, 6) is -0.997. The summed E-state index contributed by atoms with van der Waals surface area (Å²) in [6.07, 6.45) is 1.26. The van der Waals surface area contributed by atoms with Crippen LogP contribution < -0.4 is 0 Å². The minimum absolute atomic E-state index is 0.0111. The minimum atomic E-state index is -1.08. The number of rotatable bonds is 1. The number of H-pyrrole nitrogens is 1. The summed E-state index contributed by atoms with van der Waals surface area (Å²) in [5, 5.41) is 15.0. The van der Waals surface area contributed by atoms with E-state index in [0.717, 1.165) is 5.69 Å². The van der Waals surface area contributed by atoms with Crippen LogP contribution in [0.2, 0.25) is 0 Å². The number of carboxylic acid groups (broad SMARTS) is 1. The quantitative estimate of drug-likeness (QED) is 0.645. The van der Waals surface area contributed by atoms with E-state index in [0.29, 0.717) is 18.4 Å². The number of carbonyl (C=O) groups excluding carboxylic acids is 1. The molecule has 0 unspecified atom stereocenters. The van der Waals surface area contributed by atoms with Gasteiger partial charge >= 0.3 is 5.97 Å². The standard InChI is InChI=1S/C8H8N2O3/c11-4-1-2-6-5(3-4)7(8(12)13)10-9-6/h1-3H2,(H,9,10)(H,12,13). The monoisotopic (exact) mass is 180 g/mol. The Morgan fingerprint density at radius 3 is 2.92 bits per heavy atom. The number of fused-ring (bicyclic) bond motifs is 1. The Bertz CT molecular complexity index is 381. The molecule has 1 aliphatic rings. The highest BCUT2D eigenvalue weighted by atomic mass is 16.4. The Kier molecular flexibility index (Phi) is 1.65. The summed E-state index contributed by atoms with van der Waals surface area (Å²) in [5.41, 5.74) is 1.34. The third-order valence-corrected chi connectivity index (χ3v) is 2.18. The van der Waals surface area contributed by atoms with Crippen LogP contribution in [0, 0.1) is 0 Å². The van der Waals surface area contributed by atoms with Gasteiger partial charge in [0.25, 0.3) is 0 Å². The number of carbonyl (C=O) groups is 2. The predicted molar refractivity (Wildman–Crippen MR) is 42.6 cm³/mol. The highest BCUT2D eigenvalue weighted by Crippen LogP contribution is 2.19. The van der Waals surface area contributed by atoms with Crippen molar-refractivity contribution in [3.63, 3.8) is 0 Å². The maximum atomic E-state index is 11.1. The Morgan fingerprint density at radius 2 is 2.23 bits per heavy atom. The molecular formula is C8H8N2O3. The van der Waals surface area contributed by atoms with Crippen LogP contribution >= 0.6 is 0 Å². The highest BCUT2D eigenvalue weighted by Gasteiger charge is 2.24. The first kappa shape index (κ1) is 7.97. The van der Waals surface area contributed by atoms with Gasteiger partial charge in [-0.2, -0.15) is 5.10 Å². The molecule has 0 saturated heterocycles. The van der Waals surface area contributed by atoms with Gasteiger partial charge in [-0.25, -0.2) is 4.79 Å². The number of carboxylic acids is 1. The zero-order valence-electron chi connectivity index (χ0n) is 6.83. The number of nitrogens with one attached hydrogen (secondary N) is 1. The molecule has 0 radical (unpaired) electrons. The summed E-state index contributed by atoms with van der Waals surface area (Å²) in [4.78, 5) is 21.7. The molecule has 0 saturated carbocycles. The van der Waals surface area contributed by atoms with Gasteiger partial charge in [0.15, 0.2) is 5.69 Å². The van der Waals surface area contributed by atoms with Crippen molar-refractivity contribution in [2.45, 2.75) is 19.3 Å². The summed E-state index contributed by atoms with van der Waals surface area (Å²) in [6.45, 7) is 0. The molecular weight excluding hydrogens is 172 g/mol. The van der Waals surface area contributed by atoms with Crippen molar-refractivity contribution in [1.29, 1.82) is 0 Å². The second kappa shape index (κ2) is 2.69. The molecule has 5 heteroatoms. The fraction of sp³-hybridized carbons (Fsp3) is 0.375. The second-order valence-corrected chi connectivity index (χ2v) is 3.05. The van der Waals surface area contributed by atoms with Gasteiger partial charge in [-0.3, -0.25) is 9.89 Å². The number of nitrogens with zero attached hydrogens (tertiary/aromatic N) is 1. The fourth-order valence-corrected chi connectivity index (χ4v) is 1.53. The number of aromatic amines is 1. The normalized spacial score (nSPS) is 15.5. The van der Waals surface area contributed by atoms with Gasteiger partial charge < -0.3 is 5.11 Å². The van der Waals surface area contributed by atoms with Crippen LogP contribution in [-0.4, -0.2) is 27.1 Å². The van der Waals surface area contributed by atoms with E-state index in [1.807, 2.05) is 0 Å². The lowest BCUT2D eigenvalue weighted by atomic mass is 9.95. The Balaban J connectivity index is 2.46. The zero-order valence-corrected chi connectivity index (χ0v) is 6.83. The van der Waals surface area contributed by atoms with Gasteiger partial charge in [0.05, 0.1) is 0 Å². The summed E-state index contributed by atoms with van der Waals surface area (Å²) >= 11 is 0. The molecule has 0 atom stereocenters. The summed E-state index contributed by atoms with van der Waals surface area (Å²) in [6, 6.07) is 0. The molecule has 13 heavy (non-hydrogen) atoms. The van der Waals surface area contributed by atoms with Gasteiger partial charge in [-0.1, -0.05) is 0 Å². The maximum absolute atomic E-state index is 11.1. The Hall–Kier alpha value is -1.65. The van der Waals surface area contributed by atoms with Gasteiger partial charge in [0, 0.05) is 24.1 Å². The van der Waals surface area contributed by atoms with Crippen LogP contribution in [0.25, 0.3) is 0 Å². The fourth-order valence-electron chi connectivity index (χ4n) is 1.53. The third kappa shape index (κ3) is 1.22. The smallest absolute Gasteiger partial charge is 0.356 e. The molecule has 68 valence electrons. The molecule has 0 fully saturated rings. The van der Waals surface area contributed by atoms with Crippen molar-refractivity contribution in [2.75, 3.05) is 0 Å². The topological polar surface area (TPSA) is 83.0 Å². The molecule has 0 aromatic carbocycles. The van der Waals surface area contributed by atoms with Gasteiger partial charge in [-0.15, -0.1) is 0 Å². The molecule has 0 aliphatic heterocycles. The van der Waals surface area contributed by atoms with E-state index >= 15 is 0 Å². The molecule has 5 nitrogen and oxygen atoms in total. The zero-order chi connectivity index (χ0) is 9.42. The van der Waals surface area contributed by atoms with Gasteiger partial charge in [-0.05, 0) is 6.42 Å². The first-order chi connectivity index (χ1) is 6.18. The van der Waals surface area contributed by atoms with E-state index in [-0.39, 0.29) is 17.9 Å². The Labute approximate surface area is 73.8 Å². The van der Waals surface area contributed by atoms with Crippen LogP contribution in [0.1, 0.15) is 28.2 Å². The largest absolute Gasteiger partial charge is 0.476 e. The van der Waals surface area contributed by atoms with E-state index in [9.17, 15) is 9.59 Å². The van der Waals surface area contributed by atoms with Crippen LogP contribution in [0.15, 0.2) is 0 Å². The molecule has 0 amide bonds. The average Bonchev–Trinajstić information content (AvgIpc) is 2.46. The lowest BCUT2D eigenvalue weighted by Crippen LogP contribution is -2.14. The first-order valence-corrected chi connectivity index (χ1v) is 3.99. The number of ketones is 1. The van der Waals surface area contributed by atoms with Crippen LogP contribution in [-0.2, 0) is 17.6 Å². The molecule has 1 aromatic heterocycles. The lowest BCUT2D eigenvalue weighted by molar-refractivity contribution is -0.118. The SMILES string of the molecule is O=C1CCc2[nH]nc(C(=O)O)c2C1. The second-order valence-electron chi connectivity index (χ2n) is 3.05. The molecule has 1 heterocycles. The molecule has 2 rings (SSSR count). The molecule has 0 spiro atoms. The van der Waals surface area contributed by atoms with Crippen molar-refractivity contribution in [3.8, 4) is 0 Å². The molecule has 1 aliphatic carbocycles. The van der Waals surface area contributed by atoms with Gasteiger partial charge in [0.2, 0.25) is 0 Å². The number of hydrogen-bond acceptors (Lipinski definition) is 3. The van der Waals surface area contributed by atoms with Crippen molar-refractivity contribution < 1.29 is 14.7 Å².